The van der Waals surface area contributed by atoms with E-state index >= 15 is 0 Å². The fourth-order valence-corrected chi connectivity index (χ4v) is 6.77. The number of fused-ring (bicyclic) bond motifs is 1. The molecule has 0 aromatic heterocycles. The predicted molar refractivity (Wildman–Crippen MR) is 216 cm³/mol. The van der Waals surface area contributed by atoms with Crippen molar-refractivity contribution >= 4 is 64.4 Å². The number of hydrogen-bond acceptors (Lipinski definition) is 10. The highest BCUT2D eigenvalue weighted by Gasteiger charge is 2.27. The number of ether oxygens (including phenoxy) is 3. The number of carbonyl (C=O) groups is 5. The number of benzene rings is 3. The number of nitrogens with zero attached hydrogens (tertiary/aromatic N) is 1. The maximum absolute atomic E-state index is 13.3. The summed E-state index contributed by atoms with van der Waals surface area (Å²) in [6.07, 6.45) is 1.37. The van der Waals surface area contributed by atoms with Crippen LogP contribution in [0.4, 0.5) is 10.5 Å². The van der Waals surface area contributed by atoms with Gasteiger partial charge in [-0.15, -0.1) is 0 Å². The molecule has 56 heavy (non-hydrogen) atoms. The first-order valence-electron chi connectivity index (χ1n) is 18.4. The number of ketones is 1. The minimum absolute atomic E-state index is 0.00212. The number of aliphatic imine (C=N–C) groups is 1. The quantitative estimate of drug-likeness (QED) is 0.0669. The van der Waals surface area contributed by atoms with E-state index in [0.717, 1.165) is 41.5 Å². The lowest BCUT2D eigenvalue weighted by Gasteiger charge is -2.27. The van der Waals surface area contributed by atoms with Crippen molar-refractivity contribution in [1.29, 1.82) is 0 Å². The van der Waals surface area contributed by atoms with E-state index in [0.29, 0.717) is 5.69 Å². The molecule has 3 aromatic rings. The summed E-state index contributed by atoms with van der Waals surface area (Å²) in [5, 5.41) is 8.79. The number of halogens is 2. The largest absolute Gasteiger partial charge is 0.467 e. The van der Waals surface area contributed by atoms with Crippen molar-refractivity contribution in [2.75, 3.05) is 13.7 Å². The molecule has 0 saturated carbocycles. The highest BCUT2D eigenvalue weighted by molar-refractivity contribution is 6.40. The van der Waals surface area contributed by atoms with Gasteiger partial charge in [0.25, 0.3) is 5.91 Å². The van der Waals surface area contributed by atoms with Gasteiger partial charge in [-0.2, -0.15) is 0 Å². The van der Waals surface area contributed by atoms with Crippen molar-refractivity contribution in [3.05, 3.63) is 87.4 Å². The Balaban J connectivity index is 1.42. The molecule has 2 amide bonds. The van der Waals surface area contributed by atoms with Gasteiger partial charge >= 0.3 is 18.0 Å². The minimum Gasteiger partial charge on any atom is -0.467 e. The molecule has 3 N–H and O–H groups in total. The number of amidine groups is 1. The Morgan fingerprint density at radius 2 is 1.54 bits per heavy atom. The molecule has 0 saturated heterocycles. The zero-order valence-electron chi connectivity index (χ0n) is 32.8. The van der Waals surface area contributed by atoms with Crippen molar-refractivity contribution in [3.8, 4) is 11.1 Å². The van der Waals surface area contributed by atoms with Crippen LogP contribution in [-0.4, -0.2) is 66.5 Å². The van der Waals surface area contributed by atoms with E-state index in [1.807, 2.05) is 42.5 Å². The van der Waals surface area contributed by atoms with Crippen molar-refractivity contribution in [3.63, 3.8) is 0 Å². The molecule has 3 aromatic carbocycles. The standard InChI is InChI=1S/C42H50Cl2N4O8/c1-41(2,3)55-36(50)23-35(48-40(53)56-42(4,5)6)46-28-17-16-26-14-11-15-33(30(26)22-28)45-24-29(49)18-19-34(39(52)54-7)47-38(51)37-31(43)20-27(21-32(37)44)25-12-9-8-10-13-25/h8-10,12-13,16-17,20-22,33-34,45H,11,14-15,18-19,23-24H2,1-7H3,(H,47,51)(H,46,48,53)/t33?,34-/m0/s1. The van der Waals surface area contributed by atoms with Crippen LogP contribution in [0, 0.1) is 0 Å². The number of methoxy groups -OCH3 is 1. The maximum Gasteiger partial charge on any atom is 0.413 e. The molecule has 4 rings (SSSR count). The van der Waals surface area contributed by atoms with E-state index in [2.05, 4.69) is 20.9 Å². The fourth-order valence-electron chi connectivity index (χ4n) is 6.11. The molecule has 0 aliphatic heterocycles. The number of rotatable bonds is 13. The molecule has 12 nitrogen and oxygen atoms in total. The number of carbonyl (C=O) groups excluding carboxylic acids is 5. The van der Waals surface area contributed by atoms with E-state index in [1.54, 1.807) is 59.7 Å². The Morgan fingerprint density at radius 1 is 0.875 bits per heavy atom. The van der Waals surface area contributed by atoms with E-state index in [-0.39, 0.29) is 59.1 Å². The second-order valence-electron chi connectivity index (χ2n) is 15.5. The van der Waals surface area contributed by atoms with Gasteiger partial charge in [0.15, 0.2) is 0 Å². The number of hydrogen-bond donors (Lipinski definition) is 3. The first-order valence-corrected chi connectivity index (χ1v) is 19.2. The molecular formula is C42H50Cl2N4O8. The highest BCUT2D eigenvalue weighted by Crippen LogP contribution is 2.34. The zero-order chi connectivity index (χ0) is 41.2. The monoisotopic (exact) mass is 808 g/mol. The Bertz CT molecular complexity index is 1900. The summed E-state index contributed by atoms with van der Waals surface area (Å²) >= 11 is 13.0. The average Bonchev–Trinajstić information content (AvgIpc) is 3.10. The Labute approximate surface area is 338 Å². The average molecular weight is 810 g/mol. The summed E-state index contributed by atoms with van der Waals surface area (Å²) < 4.78 is 15.8. The number of Topliss-reactive ketones (excluding diaryl/α,β-unsaturated/α-hetero) is 1. The normalized spacial score (nSPS) is 14.9. The van der Waals surface area contributed by atoms with Gasteiger partial charge in [-0.05, 0) is 114 Å². The third kappa shape index (κ3) is 13.5. The zero-order valence-corrected chi connectivity index (χ0v) is 34.4. The summed E-state index contributed by atoms with van der Waals surface area (Å²) in [4.78, 5) is 69.2. The summed E-state index contributed by atoms with van der Waals surface area (Å²) in [5.74, 6) is -2.08. The van der Waals surface area contributed by atoms with E-state index in [9.17, 15) is 24.0 Å². The van der Waals surface area contributed by atoms with Crippen LogP contribution in [0.15, 0.2) is 65.7 Å². The van der Waals surface area contributed by atoms with Crippen LogP contribution in [0.1, 0.15) is 101 Å². The molecule has 1 unspecified atom stereocenters. The summed E-state index contributed by atoms with van der Waals surface area (Å²) in [6.45, 7) is 10.4. The van der Waals surface area contributed by atoms with E-state index < -0.39 is 41.2 Å². The second kappa shape index (κ2) is 19.4. The molecule has 14 heteroatoms. The van der Waals surface area contributed by atoms with Crippen LogP contribution in [0.25, 0.3) is 11.1 Å². The number of alkyl carbamates (subject to hydrolysis) is 1. The fraction of sp³-hybridized carbons (Fsp3) is 0.429. The lowest BCUT2D eigenvalue weighted by molar-refractivity contribution is -0.153. The molecule has 0 bridgehead atoms. The van der Waals surface area contributed by atoms with Crippen molar-refractivity contribution in [2.24, 2.45) is 4.99 Å². The predicted octanol–water partition coefficient (Wildman–Crippen LogP) is 8.23. The van der Waals surface area contributed by atoms with Gasteiger partial charge in [0.05, 0.1) is 35.0 Å². The van der Waals surface area contributed by atoms with Gasteiger partial charge in [0.1, 0.15) is 35.3 Å². The third-order valence-electron chi connectivity index (χ3n) is 8.51. The van der Waals surface area contributed by atoms with Gasteiger partial charge in [-0.25, -0.2) is 14.6 Å². The van der Waals surface area contributed by atoms with E-state index in [4.69, 9.17) is 37.4 Å². The first-order chi connectivity index (χ1) is 26.3. The number of nitrogens with one attached hydrogen (secondary N) is 3. The number of esters is 2. The molecular weight excluding hydrogens is 759 g/mol. The van der Waals surface area contributed by atoms with Gasteiger partial charge in [-0.3, -0.25) is 19.7 Å². The van der Waals surface area contributed by atoms with Gasteiger partial charge in [-0.1, -0.05) is 59.6 Å². The van der Waals surface area contributed by atoms with Crippen LogP contribution in [-0.2, 0) is 35.0 Å². The van der Waals surface area contributed by atoms with Crippen LogP contribution >= 0.6 is 23.2 Å². The lowest BCUT2D eigenvalue weighted by atomic mass is 9.87. The second-order valence-corrected chi connectivity index (χ2v) is 16.3. The molecule has 0 spiro atoms. The summed E-state index contributed by atoms with van der Waals surface area (Å²) in [6, 6.07) is 17.0. The highest BCUT2D eigenvalue weighted by atomic mass is 35.5. The first kappa shape index (κ1) is 43.9. The number of amides is 2. The van der Waals surface area contributed by atoms with Gasteiger partial charge in [0, 0.05) is 12.5 Å². The van der Waals surface area contributed by atoms with Gasteiger partial charge < -0.3 is 24.8 Å². The van der Waals surface area contributed by atoms with Crippen LogP contribution in [0.2, 0.25) is 10.0 Å². The Kier molecular flexibility index (Phi) is 15.2. The Morgan fingerprint density at radius 3 is 2.16 bits per heavy atom. The molecule has 1 aliphatic rings. The smallest absolute Gasteiger partial charge is 0.413 e. The molecule has 2 atom stereocenters. The summed E-state index contributed by atoms with van der Waals surface area (Å²) in [7, 11) is 1.20. The van der Waals surface area contributed by atoms with Gasteiger partial charge in [0.2, 0.25) is 0 Å². The summed E-state index contributed by atoms with van der Waals surface area (Å²) in [5.41, 5.74) is 2.60. The molecule has 0 radical (unpaired) electrons. The third-order valence-corrected chi connectivity index (χ3v) is 9.11. The molecule has 0 fully saturated rings. The number of aryl methyl sites for hydroxylation is 1. The SMILES string of the molecule is COC(=O)[C@H](CCC(=O)CNC1CCCc2ccc(N=C(CC(=O)OC(C)(C)C)NC(=O)OC(C)(C)C)cc21)NC(=O)c1c(Cl)cc(-c2ccccc2)cc1Cl. The van der Waals surface area contributed by atoms with Crippen molar-refractivity contribution in [2.45, 2.75) is 103 Å². The maximum atomic E-state index is 13.3. The minimum atomic E-state index is -1.13. The van der Waals surface area contributed by atoms with Crippen molar-refractivity contribution in [1.82, 2.24) is 16.0 Å². The topological polar surface area (TPSA) is 161 Å². The molecule has 0 heterocycles. The lowest BCUT2D eigenvalue weighted by Crippen LogP contribution is -2.42. The van der Waals surface area contributed by atoms with Crippen LogP contribution in [0.3, 0.4) is 0 Å². The molecule has 300 valence electrons. The Hall–Kier alpha value is -4.78. The molecule has 1 aliphatic carbocycles. The van der Waals surface area contributed by atoms with E-state index in [1.165, 1.54) is 7.11 Å². The van der Waals surface area contributed by atoms with Crippen molar-refractivity contribution < 1.29 is 38.2 Å². The van der Waals surface area contributed by atoms with Crippen LogP contribution < -0.4 is 16.0 Å². The van der Waals surface area contributed by atoms with Crippen LogP contribution in [0.5, 0.6) is 0 Å².